The third-order valence-electron chi connectivity index (χ3n) is 5.10. The second-order valence-electron chi connectivity index (χ2n) is 7.15. The number of nitrogens with one attached hydrogen (secondary N) is 1. The molecule has 3 heterocycles. The number of nitrogens with two attached hydrogens (primary N) is 1. The minimum absolute atomic E-state index is 0.239. The van der Waals surface area contributed by atoms with Gasteiger partial charge in [-0.15, -0.1) is 11.3 Å². The van der Waals surface area contributed by atoms with E-state index in [1.807, 2.05) is 6.07 Å². The van der Waals surface area contributed by atoms with Gasteiger partial charge in [-0.05, 0) is 50.3 Å². The number of thiophene rings is 1. The summed E-state index contributed by atoms with van der Waals surface area (Å²) >= 11 is 1.36. The fourth-order valence-corrected chi connectivity index (χ4v) is 4.92. The van der Waals surface area contributed by atoms with E-state index in [1.54, 1.807) is 25.3 Å². The van der Waals surface area contributed by atoms with Crippen molar-refractivity contribution >= 4 is 34.1 Å². The topological polar surface area (TPSA) is 129 Å². The Morgan fingerprint density at radius 1 is 1.26 bits per heavy atom. The Labute approximate surface area is 182 Å². The molecular weight excluding hydrogens is 418 g/mol. The highest BCUT2D eigenvalue weighted by Gasteiger charge is 2.25. The molecule has 3 aromatic rings. The Morgan fingerprint density at radius 3 is 2.81 bits per heavy atom. The van der Waals surface area contributed by atoms with Crippen LogP contribution in [0.3, 0.4) is 0 Å². The number of hydrogen-bond acceptors (Lipinski definition) is 7. The van der Waals surface area contributed by atoms with Gasteiger partial charge in [-0.1, -0.05) is 6.07 Å². The van der Waals surface area contributed by atoms with Crippen molar-refractivity contribution in [1.82, 2.24) is 14.8 Å². The van der Waals surface area contributed by atoms with E-state index in [0.29, 0.717) is 22.1 Å². The van der Waals surface area contributed by atoms with Gasteiger partial charge >= 0.3 is 5.97 Å². The molecule has 31 heavy (non-hydrogen) atoms. The molecule has 0 unspecified atom stereocenters. The molecule has 0 saturated carbocycles. The van der Waals surface area contributed by atoms with Crippen LogP contribution in [0.1, 0.15) is 49.7 Å². The minimum atomic E-state index is -0.671. The van der Waals surface area contributed by atoms with E-state index < -0.39 is 24.4 Å². The first kappa shape index (κ1) is 20.7. The highest BCUT2D eigenvalue weighted by Crippen LogP contribution is 2.37. The number of carbonyl (C=O) groups is 3. The fourth-order valence-electron chi connectivity index (χ4n) is 3.61. The van der Waals surface area contributed by atoms with Crippen molar-refractivity contribution in [3.8, 4) is 5.82 Å². The molecule has 0 atom stereocenters. The van der Waals surface area contributed by atoms with Crippen LogP contribution < -0.4 is 11.1 Å². The van der Waals surface area contributed by atoms with Crippen molar-refractivity contribution in [3.63, 3.8) is 0 Å². The summed E-state index contributed by atoms with van der Waals surface area (Å²) in [5, 5.41) is 7.26. The SMILES string of the molecule is Cc1c(C(=O)OCC(=O)Nc2sc3c(c2C(N)=O)CCCC3)cnn1-c1ccccn1. The van der Waals surface area contributed by atoms with Gasteiger partial charge in [-0.2, -0.15) is 5.10 Å². The van der Waals surface area contributed by atoms with Crippen LogP contribution in [0.25, 0.3) is 5.82 Å². The van der Waals surface area contributed by atoms with Crippen molar-refractivity contribution in [2.75, 3.05) is 11.9 Å². The standard InChI is InChI=1S/C21H21N5O4S/c1-12-14(10-24-26(12)16-8-4-5-9-23-16)21(29)30-11-17(27)25-20-18(19(22)28)13-6-2-3-7-15(13)31-20/h4-5,8-10H,2-3,6-7,11H2,1H3,(H2,22,28)(H,25,27). The van der Waals surface area contributed by atoms with Crippen LogP contribution >= 0.6 is 11.3 Å². The summed E-state index contributed by atoms with van der Waals surface area (Å²) in [6, 6.07) is 5.36. The van der Waals surface area contributed by atoms with Gasteiger partial charge in [0.1, 0.15) is 10.6 Å². The lowest BCUT2D eigenvalue weighted by atomic mass is 9.95. The van der Waals surface area contributed by atoms with Crippen molar-refractivity contribution < 1.29 is 19.1 Å². The Bertz CT molecular complexity index is 1150. The number of anilines is 1. The van der Waals surface area contributed by atoms with Crippen molar-refractivity contribution in [3.05, 3.63) is 57.9 Å². The minimum Gasteiger partial charge on any atom is -0.452 e. The Hall–Kier alpha value is -3.53. The molecule has 0 bridgehead atoms. The number of aromatic nitrogens is 3. The zero-order valence-corrected chi connectivity index (χ0v) is 17.7. The number of esters is 1. The third kappa shape index (κ3) is 4.19. The zero-order chi connectivity index (χ0) is 22.0. The van der Waals surface area contributed by atoms with Crippen LogP contribution in [0, 0.1) is 6.92 Å². The normalized spacial score (nSPS) is 12.8. The number of carbonyl (C=O) groups excluding carboxylic acids is 3. The molecule has 3 N–H and O–H groups in total. The van der Waals surface area contributed by atoms with Gasteiger partial charge in [0.15, 0.2) is 12.4 Å². The molecule has 2 amide bonds. The molecule has 4 rings (SSSR count). The molecule has 160 valence electrons. The lowest BCUT2D eigenvalue weighted by Gasteiger charge is -2.11. The molecule has 0 aliphatic heterocycles. The van der Waals surface area contributed by atoms with Gasteiger partial charge in [-0.3, -0.25) is 9.59 Å². The molecule has 1 aliphatic rings. The Morgan fingerprint density at radius 2 is 2.06 bits per heavy atom. The van der Waals surface area contributed by atoms with Crippen LogP contribution in [0.2, 0.25) is 0 Å². The summed E-state index contributed by atoms with van der Waals surface area (Å²) in [7, 11) is 0. The number of nitrogens with zero attached hydrogens (tertiary/aromatic N) is 3. The van der Waals surface area contributed by atoms with Crippen molar-refractivity contribution in [2.24, 2.45) is 5.73 Å². The number of hydrogen-bond donors (Lipinski definition) is 2. The highest BCUT2D eigenvalue weighted by molar-refractivity contribution is 7.17. The van der Waals surface area contributed by atoms with Crippen LogP contribution in [-0.4, -0.2) is 39.2 Å². The van der Waals surface area contributed by atoms with Crippen LogP contribution in [0.4, 0.5) is 5.00 Å². The molecule has 0 saturated heterocycles. The summed E-state index contributed by atoms with van der Waals surface area (Å²) in [5.41, 5.74) is 7.62. The second-order valence-corrected chi connectivity index (χ2v) is 8.25. The molecule has 10 heteroatoms. The number of fused-ring (bicyclic) bond motifs is 1. The van der Waals surface area contributed by atoms with E-state index in [2.05, 4.69) is 15.4 Å². The molecule has 1 aliphatic carbocycles. The van der Waals surface area contributed by atoms with Crippen LogP contribution in [0.15, 0.2) is 30.6 Å². The van der Waals surface area contributed by atoms with Gasteiger partial charge in [0, 0.05) is 11.1 Å². The maximum atomic E-state index is 12.5. The smallest absolute Gasteiger partial charge is 0.342 e. The molecular formula is C21H21N5O4S. The molecule has 3 aromatic heterocycles. The van der Waals surface area contributed by atoms with Gasteiger partial charge in [0.05, 0.1) is 17.5 Å². The maximum Gasteiger partial charge on any atom is 0.342 e. The lowest BCUT2D eigenvalue weighted by molar-refractivity contribution is -0.119. The van der Waals surface area contributed by atoms with Gasteiger partial charge in [-0.25, -0.2) is 14.5 Å². The number of amides is 2. The number of rotatable bonds is 6. The first-order chi connectivity index (χ1) is 15.0. The van der Waals surface area contributed by atoms with Crippen molar-refractivity contribution in [2.45, 2.75) is 32.6 Å². The number of primary amides is 1. The van der Waals surface area contributed by atoms with E-state index in [0.717, 1.165) is 36.1 Å². The maximum absolute atomic E-state index is 12.5. The van der Waals surface area contributed by atoms with E-state index in [-0.39, 0.29) is 5.56 Å². The number of ether oxygens (including phenoxy) is 1. The summed E-state index contributed by atoms with van der Waals surface area (Å²) in [6.07, 6.45) is 6.67. The zero-order valence-electron chi connectivity index (χ0n) is 16.9. The van der Waals surface area contributed by atoms with Gasteiger partial charge < -0.3 is 15.8 Å². The predicted molar refractivity (Wildman–Crippen MR) is 114 cm³/mol. The summed E-state index contributed by atoms with van der Waals surface area (Å²) in [5.74, 6) is -1.21. The van der Waals surface area contributed by atoms with Crippen molar-refractivity contribution in [1.29, 1.82) is 0 Å². The Balaban J connectivity index is 1.42. The molecule has 0 fully saturated rings. The fraction of sp³-hybridized carbons (Fsp3) is 0.286. The lowest BCUT2D eigenvalue weighted by Crippen LogP contribution is -2.23. The predicted octanol–water partition coefficient (Wildman–Crippen LogP) is 2.41. The van der Waals surface area contributed by atoms with E-state index >= 15 is 0 Å². The quantitative estimate of drug-likeness (QED) is 0.568. The van der Waals surface area contributed by atoms with E-state index in [4.69, 9.17) is 10.5 Å². The van der Waals surface area contributed by atoms with Gasteiger partial charge in [0.25, 0.3) is 11.8 Å². The molecule has 9 nitrogen and oxygen atoms in total. The molecule has 0 spiro atoms. The first-order valence-corrected chi connectivity index (χ1v) is 10.6. The summed E-state index contributed by atoms with van der Waals surface area (Å²) in [6.45, 7) is 1.22. The molecule has 0 aromatic carbocycles. The van der Waals surface area contributed by atoms with Crippen LogP contribution in [-0.2, 0) is 22.4 Å². The summed E-state index contributed by atoms with van der Waals surface area (Å²) in [4.78, 5) is 42.0. The summed E-state index contributed by atoms with van der Waals surface area (Å²) < 4.78 is 6.68. The van der Waals surface area contributed by atoms with Gasteiger partial charge in [0.2, 0.25) is 0 Å². The Kier molecular flexibility index (Phi) is 5.81. The average molecular weight is 439 g/mol. The molecule has 0 radical (unpaired) electrons. The van der Waals surface area contributed by atoms with E-state index in [1.165, 1.54) is 22.2 Å². The monoisotopic (exact) mass is 439 g/mol. The largest absolute Gasteiger partial charge is 0.452 e. The highest BCUT2D eigenvalue weighted by atomic mass is 32.1. The second kappa shape index (κ2) is 8.68. The number of pyridine rings is 1. The first-order valence-electron chi connectivity index (χ1n) is 9.83. The van der Waals surface area contributed by atoms with E-state index in [9.17, 15) is 14.4 Å². The van der Waals surface area contributed by atoms with Crippen LogP contribution in [0.5, 0.6) is 0 Å². The third-order valence-corrected chi connectivity index (χ3v) is 6.31. The number of aryl methyl sites for hydroxylation is 1. The average Bonchev–Trinajstić information content (AvgIpc) is 3.32.